The molecule has 2 aromatic carbocycles. The van der Waals surface area contributed by atoms with Crippen LogP contribution in [0.15, 0.2) is 53.9 Å². The van der Waals surface area contributed by atoms with E-state index < -0.39 is 0 Å². The number of carbonyl (C=O) groups is 1. The van der Waals surface area contributed by atoms with Gasteiger partial charge in [-0.3, -0.25) is 10.2 Å². The molecule has 1 aromatic heterocycles. The van der Waals surface area contributed by atoms with Gasteiger partial charge in [0.1, 0.15) is 0 Å². The van der Waals surface area contributed by atoms with Crippen LogP contribution in [0.1, 0.15) is 11.6 Å². The Morgan fingerprint density at radius 1 is 1.14 bits per heavy atom. The quantitative estimate of drug-likeness (QED) is 0.579. The summed E-state index contributed by atoms with van der Waals surface area (Å²) in [6.45, 7) is 0.555. The number of hydrazine groups is 1. The van der Waals surface area contributed by atoms with Gasteiger partial charge in [-0.15, -0.1) is 11.3 Å². The minimum absolute atomic E-state index is 0.0652. The van der Waals surface area contributed by atoms with Crippen LogP contribution in [0.3, 0.4) is 0 Å². The van der Waals surface area contributed by atoms with Crippen molar-refractivity contribution in [3.63, 3.8) is 0 Å². The van der Waals surface area contributed by atoms with Crippen molar-refractivity contribution in [2.24, 2.45) is 5.92 Å². The first-order valence-corrected chi connectivity index (χ1v) is 10.1. The van der Waals surface area contributed by atoms with Gasteiger partial charge in [0.25, 0.3) is 0 Å². The highest BCUT2D eigenvalue weighted by Gasteiger charge is 2.34. The summed E-state index contributed by atoms with van der Waals surface area (Å²) in [4.78, 5) is 17.4. The van der Waals surface area contributed by atoms with Crippen LogP contribution in [-0.4, -0.2) is 31.7 Å². The zero-order valence-electron chi connectivity index (χ0n) is 16.1. The summed E-state index contributed by atoms with van der Waals surface area (Å²) in [5, 5.41) is 5.44. The number of nitrogens with zero attached hydrogens (tertiary/aromatic N) is 1. The van der Waals surface area contributed by atoms with Gasteiger partial charge in [0.05, 0.1) is 31.9 Å². The average molecular weight is 410 g/mol. The van der Waals surface area contributed by atoms with E-state index in [2.05, 4.69) is 21.2 Å². The van der Waals surface area contributed by atoms with E-state index in [-0.39, 0.29) is 17.9 Å². The summed E-state index contributed by atoms with van der Waals surface area (Å²) < 4.78 is 10.6. The molecule has 1 saturated heterocycles. The van der Waals surface area contributed by atoms with E-state index in [1.54, 1.807) is 14.2 Å². The Kier molecular flexibility index (Phi) is 5.75. The van der Waals surface area contributed by atoms with Crippen LogP contribution < -0.4 is 25.6 Å². The molecule has 1 aliphatic heterocycles. The summed E-state index contributed by atoms with van der Waals surface area (Å²) in [5.74, 6) is 1.00. The van der Waals surface area contributed by atoms with E-state index in [0.29, 0.717) is 23.2 Å². The van der Waals surface area contributed by atoms with Gasteiger partial charge in [0.15, 0.2) is 16.6 Å². The Morgan fingerprint density at radius 2 is 1.93 bits per heavy atom. The van der Waals surface area contributed by atoms with Gasteiger partial charge in [-0.1, -0.05) is 30.3 Å². The molecule has 2 heterocycles. The summed E-state index contributed by atoms with van der Waals surface area (Å²) in [7, 11) is 3.20. The number of anilines is 1. The lowest BCUT2D eigenvalue weighted by atomic mass is 9.94. The fourth-order valence-electron chi connectivity index (χ4n) is 3.37. The van der Waals surface area contributed by atoms with Crippen LogP contribution in [0.2, 0.25) is 0 Å². The molecule has 0 saturated carbocycles. The summed E-state index contributed by atoms with van der Waals surface area (Å²) in [5.41, 5.74) is 9.02. The number of hydrogen-bond donors (Lipinski definition) is 3. The molecule has 4 rings (SSSR count). The van der Waals surface area contributed by atoms with Crippen LogP contribution in [-0.2, 0) is 4.79 Å². The predicted octanol–water partition coefficient (Wildman–Crippen LogP) is 3.23. The standard InChI is InChI=1S/C21H22N4O3S/c1-27-17-9-8-14(10-18(17)28-2)16-12-29-21(23-16)24-20(26)15-11-22-25-19(15)13-6-4-3-5-7-13/h3-10,12,15,19,22,25H,11H2,1-2H3,(H,23,24,26). The minimum Gasteiger partial charge on any atom is -0.493 e. The van der Waals surface area contributed by atoms with Gasteiger partial charge >= 0.3 is 0 Å². The van der Waals surface area contributed by atoms with Crippen LogP contribution in [0.25, 0.3) is 11.3 Å². The first-order valence-electron chi connectivity index (χ1n) is 9.21. The number of hydrogen-bond acceptors (Lipinski definition) is 7. The zero-order valence-corrected chi connectivity index (χ0v) is 17.0. The second kappa shape index (κ2) is 8.60. The van der Waals surface area contributed by atoms with E-state index >= 15 is 0 Å². The van der Waals surface area contributed by atoms with Gasteiger partial charge in [-0.05, 0) is 23.8 Å². The number of rotatable bonds is 6. The summed E-state index contributed by atoms with van der Waals surface area (Å²) >= 11 is 1.40. The first-order chi connectivity index (χ1) is 14.2. The molecule has 7 nitrogen and oxygen atoms in total. The number of amides is 1. The number of benzene rings is 2. The van der Waals surface area contributed by atoms with Crippen molar-refractivity contribution in [3.05, 3.63) is 59.5 Å². The number of methoxy groups -OCH3 is 2. The molecule has 0 radical (unpaired) electrons. The Labute approximate surface area is 173 Å². The Hall–Kier alpha value is -2.94. The van der Waals surface area contributed by atoms with Gasteiger partial charge < -0.3 is 14.8 Å². The van der Waals surface area contributed by atoms with Crippen molar-refractivity contribution in [1.29, 1.82) is 0 Å². The number of carbonyl (C=O) groups excluding carboxylic acids is 1. The first kappa shape index (κ1) is 19.4. The molecule has 2 atom stereocenters. The third-order valence-electron chi connectivity index (χ3n) is 4.89. The molecule has 1 aliphatic rings. The Balaban J connectivity index is 1.48. The van der Waals surface area contributed by atoms with Crippen LogP contribution in [0.5, 0.6) is 11.5 Å². The van der Waals surface area contributed by atoms with Crippen LogP contribution in [0.4, 0.5) is 5.13 Å². The van der Waals surface area contributed by atoms with Crippen molar-refractivity contribution >= 4 is 22.4 Å². The van der Waals surface area contributed by atoms with Crippen molar-refractivity contribution in [3.8, 4) is 22.8 Å². The molecule has 150 valence electrons. The zero-order chi connectivity index (χ0) is 20.2. The molecular weight excluding hydrogens is 388 g/mol. The molecular formula is C21H22N4O3S. The normalized spacial score (nSPS) is 18.4. The lowest BCUT2D eigenvalue weighted by molar-refractivity contribution is -0.119. The predicted molar refractivity (Wildman–Crippen MR) is 113 cm³/mol. The van der Waals surface area contributed by atoms with Crippen molar-refractivity contribution in [2.75, 3.05) is 26.1 Å². The summed E-state index contributed by atoms with van der Waals surface area (Å²) in [6.07, 6.45) is 0. The number of ether oxygens (including phenoxy) is 2. The lowest BCUT2D eigenvalue weighted by Gasteiger charge is -2.17. The Bertz CT molecular complexity index is 993. The van der Waals surface area contributed by atoms with E-state index in [1.807, 2.05) is 53.9 Å². The van der Waals surface area contributed by atoms with Crippen molar-refractivity contribution in [2.45, 2.75) is 6.04 Å². The fourth-order valence-corrected chi connectivity index (χ4v) is 4.10. The van der Waals surface area contributed by atoms with E-state index in [0.717, 1.165) is 16.8 Å². The third kappa shape index (κ3) is 4.09. The average Bonchev–Trinajstić information content (AvgIpc) is 3.43. The van der Waals surface area contributed by atoms with E-state index in [1.165, 1.54) is 11.3 Å². The lowest BCUT2D eigenvalue weighted by Crippen LogP contribution is -2.29. The minimum atomic E-state index is -0.231. The molecule has 29 heavy (non-hydrogen) atoms. The van der Waals surface area contributed by atoms with Gasteiger partial charge in [0.2, 0.25) is 5.91 Å². The SMILES string of the molecule is COc1ccc(-c2csc(NC(=O)C3CNNC3c3ccccc3)n2)cc1OC. The fraction of sp³-hybridized carbons (Fsp3) is 0.238. The van der Waals surface area contributed by atoms with Gasteiger partial charge in [-0.2, -0.15) is 0 Å². The molecule has 1 fully saturated rings. The topological polar surface area (TPSA) is 84.5 Å². The highest BCUT2D eigenvalue weighted by molar-refractivity contribution is 7.14. The van der Waals surface area contributed by atoms with Crippen molar-refractivity contribution < 1.29 is 14.3 Å². The summed E-state index contributed by atoms with van der Waals surface area (Å²) in [6, 6.07) is 15.5. The maximum absolute atomic E-state index is 12.9. The maximum atomic E-state index is 12.9. The van der Waals surface area contributed by atoms with Gasteiger partial charge in [-0.25, -0.2) is 10.4 Å². The van der Waals surface area contributed by atoms with Crippen molar-refractivity contribution in [1.82, 2.24) is 15.8 Å². The van der Waals surface area contributed by atoms with E-state index in [4.69, 9.17) is 9.47 Å². The molecule has 2 unspecified atom stereocenters. The highest BCUT2D eigenvalue weighted by atomic mass is 32.1. The largest absolute Gasteiger partial charge is 0.493 e. The highest BCUT2D eigenvalue weighted by Crippen LogP contribution is 2.34. The monoisotopic (exact) mass is 410 g/mol. The third-order valence-corrected chi connectivity index (χ3v) is 5.65. The molecule has 3 aromatic rings. The second-order valence-electron chi connectivity index (χ2n) is 6.62. The number of nitrogens with one attached hydrogen (secondary N) is 3. The van der Waals surface area contributed by atoms with Crippen LogP contribution in [0, 0.1) is 5.92 Å². The Morgan fingerprint density at radius 3 is 2.69 bits per heavy atom. The molecule has 0 spiro atoms. The molecule has 3 N–H and O–H groups in total. The molecule has 8 heteroatoms. The smallest absolute Gasteiger partial charge is 0.232 e. The molecule has 0 aliphatic carbocycles. The number of thiazole rings is 1. The molecule has 0 bridgehead atoms. The second-order valence-corrected chi connectivity index (χ2v) is 7.48. The van der Waals surface area contributed by atoms with Crippen LogP contribution >= 0.6 is 11.3 Å². The van der Waals surface area contributed by atoms with Gasteiger partial charge in [0, 0.05) is 17.5 Å². The maximum Gasteiger partial charge on any atom is 0.232 e. The molecule has 1 amide bonds. The number of aromatic nitrogens is 1. The van der Waals surface area contributed by atoms with E-state index in [9.17, 15) is 4.79 Å².